The van der Waals surface area contributed by atoms with Gasteiger partial charge in [-0.25, -0.2) is 9.59 Å². The largest absolute Gasteiger partial charge is 0.511 e. The topological polar surface area (TPSA) is 123 Å². The number of carbonyl (C=O) groups excluding carboxylic acids is 2. The molecule has 1 heterocycles. The van der Waals surface area contributed by atoms with E-state index in [0.29, 0.717) is 0 Å². The molecule has 0 aromatic heterocycles. The van der Waals surface area contributed by atoms with E-state index in [9.17, 15) is 52.3 Å². The molecule has 2 unspecified atom stereocenters. The molecular formula is C17H15F8NO9S. The van der Waals surface area contributed by atoms with Crippen molar-refractivity contribution >= 4 is 28.4 Å². The Hall–Kier alpha value is -3.51. The Balaban J connectivity index is 2.24. The molecule has 0 N–H and O–H groups in total. The summed E-state index contributed by atoms with van der Waals surface area (Å²) in [4.78, 5) is 35.5. The lowest BCUT2D eigenvalue weighted by molar-refractivity contribution is -0.759. The lowest BCUT2D eigenvalue weighted by Crippen LogP contribution is -2.41. The van der Waals surface area contributed by atoms with Crippen LogP contribution in [0.3, 0.4) is 0 Å². The van der Waals surface area contributed by atoms with E-state index in [-0.39, 0.29) is 24.3 Å². The van der Waals surface area contributed by atoms with Crippen molar-refractivity contribution in [2.75, 3.05) is 6.61 Å². The van der Waals surface area contributed by atoms with Gasteiger partial charge < -0.3 is 23.8 Å². The second kappa shape index (κ2) is 8.86. The first-order valence-corrected chi connectivity index (χ1v) is 11.2. The maximum Gasteiger partial charge on any atom is 0.511 e. The summed E-state index contributed by atoms with van der Waals surface area (Å²) in [6, 6.07) is -0.113. The van der Waals surface area contributed by atoms with Crippen LogP contribution in [0.15, 0.2) is 28.7 Å². The number of benzene rings is 1. The maximum absolute atomic E-state index is 13.4. The summed E-state index contributed by atoms with van der Waals surface area (Å²) in [5, 5.41) is 8.89. The molecule has 1 aliphatic heterocycles. The molecule has 1 aromatic rings. The molecule has 0 fully saturated rings. The fourth-order valence-corrected chi connectivity index (χ4v) is 3.27. The minimum Gasteiger partial charge on any atom is -0.475 e. The van der Waals surface area contributed by atoms with Crippen LogP contribution in [-0.4, -0.2) is 48.5 Å². The number of rotatable bonds is 8. The summed E-state index contributed by atoms with van der Waals surface area (Å²) in [5.41, 5.74) is -2.37. The van der Waals surface area contributed by atoms with E-state index in [2.05, 4.69) is 23.8 Å². The zero-order valence-electron chi connectivity index (χ0n) is 17.8. The Morgan fingerprint density at radius 2 is 1.72 bits per heavy atom. The number of hydrogen-bond acceptors (Lipinski definition) is 9. The van der Waals surface area contributed by atoms with Gasteiger partial charge in [-0.1, -0.05) is 19.4 Å². The van der Waals surface area contributed by atoms with Crippen molar-refractivity contribution in [2.45, 2.75) is 43.4 Å². The van der Waals surface area contributed by atoms with Crippen molar-refractivity contribution in [1.82, 2.24) is 0 Å². The molecule has 204 valence electrons. The number of fused-ring (bicyclic) bond motifs is 1. The number of nitrogens with zero attached hydrogens (tertiary/aromatic N) is 1. The fourth-order valence-electron chi connectivity index (χ4n) is 2.60. The van der Waals surface area contributed by atoms with Gasteiger partial charge in [0.05, 0.1) is 5.57 Å². The summed E-state index contributed by atoms with van der Waals surface area (Å²) in [6.07, 6.45) is -12.9. The van der Waals surface area contributed by atoms with Crippen LogP contribution in [0.4, 0.5) is 37.4 Å². The van der Waals surface area contributed by atoms with Crippen molar-refractivity contribution in [3.05, 3.63) is 39.4 Å². The average molecular weight is 561 g/mol. The second-order valence-corrected chi connectivity index (χ2v) is 9.51. The number of esters is 1. The van der Waals surface area contributed by atoms with Gasteiger partial charge in [-0.3, -0.25) is 0 Å². The van der Waals surface area contributed by atoms with Gasteiger partial charge in [0.2, 0.25) is 12.4 Å². The van der Waals surface area contributed by atoms with Crippen molar-refractivity contribution in [3.63, 3.8) is 0 Å². The normalized spacial score (nSPS) is 19.2. The predicted octanol–water partition coefficient (Wildman–Crippen LogP) is 5.69. The molecule has 0 spiro atoms. The van der Waals surface area contributed by atoms with E-state index in [4.69, 9.17) is 0 Å². The van der Waals surface area contributed by atoms with Gasteiger partial charge in [0.15, 0.2) is 0 Å². The van der Waals surface area contributed by atoms with Crippen molar-refractivity contribution < 1.29 is 71.1 Å². The first kappa shape index (κ1) is 28.7. The number of halogens is 8. The van der Waals surface area contributed by atoms with Crippen LogP contribution >= 0.6 is 10.2 Å². The Labute approximate surface area is 195 Å². The van der Waals surface area contributed by atoms with Crippen LogP contribution in [0.1, 0.15) is 19.4 Å². The third kappa shape index (κ3) is 7.75. The Morgan fingerprint density at radius 1 is 1.11 bits per heavy atom. The van der Waals surface area contributed by atoms with Crippen molar-refractivity contribution in [3.8, 4) is 5.75 Å². The van der Waals surface area contributed by atoms with Gasteiger partial charge in [-0.15, -0.1) is 10.1 Å². The molecule has 19 heteroatoms. The van der Waals surface area contributed by atoms with Crippen LogP contribution in [-0.2, 0) is 23.8 Å². The average Bonchev–Trinajstić information content (AvgIpc) is 2.68. The standard InChI is InChI=1S/C17H15F8NO9S/c1-8(7-31-26(29)30)32-16(28)34-9(2)33-15(27)12-6-10-5-11(36(21,22,23,24)25)3-4-13(10)35-14(12)17(18,19)20/h3-6,8-9,14H,7H2,1-2H3/t8-,9?,14?/m0/s1. The van der Waals surface area contributed by atoms with E-state index < -0.39 is 80.5 Å². The summed E-state index contributed by atoms with van der Waals surface area (Å²) < 4.78 is 124. The van der Waals surface area contributed by atoms with Gasteiger partial charge in [-0.2, -0.15) is 13.2 Å². The molecule has 2 rings (SSSR count). The van der Waals surface area contributed by atoms with Crippen molar-refractivity contribution in [2.24, 2.45) is 0 Å². The molecule has 1 aromatic carbocycles. The van der Waals surface area contributed by atoms with Gasteiger partial charge in [0.25, 0.3) is 5.09 Å². The van der Waals surface area contributed by atoms with E-state index >= 15 is 0 Å². The number of ether oxygens (including phenoxy) is 4. The highest BCUT2D eigenvalue weighted by Crippen LogP contribution is 3.02. The number of alkyl halides is 3. The highest BCUT2D eigenvalue weighted by atomic mass is 32.5. The molecule has 0 saturated carbocycles. The van der Waals surface area contributed by atoms with E-state index in [1.165, 1.54) is 0 Å². The smallest absolute Gasteiger partial charge is 0.475 e. The Bertz CT molecular complexity index is 1090. The SMILES string of the molecule is CC(OC(=O)O[C@@H](C)CO[N+](=O)[O-])OC(=O)C1=Cc2cc(S(F)(F)(F)(F)F)ccc2OC1C(F)(F)F. The Morgan fingerprint density at radius 3 is 2.25 bits per heavy atom. The maximum atomic E-state index is 13.4. The lowest BCUT2D eigenvalue weighted by atomic mass is 10.0. The molecule has 0 aliphatic carbocycles. The highest BCUT2D eigenvalue weighted by molar-refractivity contribution is 8.45. The van der Waals surface area contributed by atoms with Gasteiger partial charge >= 0.3 is 28.5 Å². The zero-order chi connectivity index (χ0) is 27.8. The van der Waals surface area contributed by atoms with Crippen LogP contribution in [0, 0.1) is 10.1 Å². The molecular weight excluding hydrogens is 546 g/mol. The molecule has 0 saturated heterocycles. The van der Waals surface area contributed by atoms with E-state index in [1.54, 1.807) is 0 Å². The molecule has 0 bridgehead atoms. The van der Waals surface area contributed by atoms with Crippen LogP contribution in [0.2, 0.25) is 0 Å². The van der Waals surface area contributed by atoms with Gasteiger partial charge in [0.1, 0.15) is 23.4 Å². The summed E-state index contributed by atoms with van der Waals surface area (Å²) in [5.74, 6) is -2.76. The second-order valence-electron chi connectivity index (χ2n) is 7.10. The fraction of sp³-hybridized carbons (Fsp3) is 0.412. The molecule has 36 heavy (non-hydrogen) atoms. The highest BCUT2D eigenvalue weighted by Gasteiger charge is 2.65. The molecule has 0 amide bonds. The molecule has 3 atom stereocenters. The summed E-state index contributed by atoms with van der Waals surface area (Å²) in [7, 11) is -10.2. The molecule has 10 nitrogen and oxygen atoms in total. The van der Waals surface area contributed by atoms with E-state index in [0.717, 1.165) is 13.8 Å². The Kier molecular flexibility index (Phi) is 7.07. The molecule has 1 aliphatic rings. The van der Waals surface area contributed by atoms with E-state index in [1.807, 2.05) is 0 Å². The minimum absolute atomic E-state index is 0.162. The summed E-state index contributed by atoms with van der Waals surface area (Å²) >= 11 is 0. The minimum atomic E-state index is -10.2. The van der Waals surface area contributed by atoms with Crippen LogP contribution in [0.25, 0.3) is 6.08 Å². The third-order valence-corrected chi connectivity index (χ3v) is 5.19. The van der Waals surface area contributed by atoms with Crippen LogP contribution in [0.5, 0.6) is 5.75 Å². The van der Waals surface area contributed by atoms with Crippen molar-refractivity contribution in [1.29, 1.82) is 0 Å². The first-order valence-electron chi connectivity index (χ1n) is 9.25. The zero-order valence-corrected chi connectivity index (χ0v) is 18.6. The predicted molar refractivity (Wildman–Crippen MR) is 102 cm³/mol. The van der Waals surface area contributed by atoms with Gasteiger partial charge in [-0.05, 0) is 31.2 Å². The number of carbonyl (C=O) groups is 2. The molecule has 0 radical (unpaired) electrons. The lowest BCUT2D eigenvalue weighted by Gasteiger charge is -2.41. The quantitative estimate of drug-likeness (QED) is 0.129. The first-order chi connectivity index (χ1) is 16.1. The monoisotopic (exact) mass is 561 g/mol. The van der Waals surface area contributed by atoms with Crippen LogP contribution < -0.4 is 4.74 Å². The third-order valence-electron chi connectivity index (χ3n) is 4.05. The summed E-state index contributed by atoms with van der Waals surface area (Å²) in [6.45, 7) is 1.26. The van der Waals surface area contributed by atoms with Gasteiger partial charge in [0, 0.05) is 12.5 Å². The number of hydrogen-bond donors (Lipinski definition) is 0.